The second-order valence-corrected chi connectivity index (χ2v) is 7.73. The largest absolute Gasteiger partial charge is 0.465 e. The van der Waals surface area contributed by atoms with Crippen LogP contribution in [0.2, 0.25) is 0 Å². The Balaban J connectivity index is 1.65. The lowest BCUT2D eigenvalue weighted by molar-refractivity contribution is -0.126. The van der Waals surface area contributed by atoms with Crippen molar-refractivity contribution in [2.24, 2.45) is 5.92 Å². The minimum absolute atomic E-state index is 0.0748. The Morgan fingerprint density at radius 1 is 1.23 bits per heavy atom. The third kappa shape index (κ3) is 3.64. The highest BCUT2D eigenvalue weighted by Crippen LogP contribution is 2.39. The maximum atomic E-state index is 14.5. The zero-order valence-electron chi connectivity index (χ0n) is 14.5. The van der Waals surface area contributed by atoms with Gasteiger partial charge in [0, 0.05) is 29.8 Å². The van der Waals surface area contributed by atoms with E-state index in [9.17, 15) is 9.18 Å². The van der Waals surface area contributed by atoms with Crippen LogP contribution in [-0.4, -0.2) is 29.0 Å². The Morgan fingerprint density at radius 3 is 2.73 bits per heavy atom. The van der Waals surface area contributed by atoms with Crippen molar-refractivity contribution in [3.63, 3.8) is 0 Å². The summed E-state index contributed by atoms with van der Waals surface area (Å²) in [6, 6.07) is 9.87. The van der Waals surface area contributed by atoms with Crippen LogP contribution in [0.3, 0.4) is 0 Å². The van der Waals surface area contributed by atoms with Crippen molar-refractivity contribution in [2.45, 2.75) is 30.6 Å². The molecule has 0 N–H and O–H groups in total. The van der Waals surface area contributed by atoms with Gasteiger partial charge < -0.3 is 4.42 Å². The molecule has 2 aromatic rings. The number of hydrogen-bond donors (Lipinski definition) is 1. The maximum absolute atomic E-state index is 14.5. The fourth-order valence-electron chi connectivity index (χ4n) is 3.63. The molecule has 0 spiro atoms. The third-order valence-electron chi connectivity index (χ3n) is 5.19. The molecular weight excluding hydrogens is 349 g/mol. The molecule has 2 atom stereocenters. The molecule has 1 aromatic heterocycles. The number of benzene rings is 1. The first-order chi connectivity index (χ1) is 12.6. The van der Waals surface area contributed by atoms with Crippen molar-refractivity contribution in [3.05, 3.63) is 65.4 Å². The fourth-order valence-corrected chi connectivity index (χ4v) is 3.90. The molecule has 1 aliphatic carbocycles. The van der Waals surface area contributed by atoms with Crippen LogP contribution in [0.25, 0.3) is 6.08 Å². The van der Waals surface area contributed by atoms with E-state index in [1.807, 2.05) is 18.2 Å². The van der Waals surface area contributed by atoms with Gasteiger partial charge in [-0.2, -0.15) is 12.6 Å². The number of hydrogen-bond acceptors (Lipinski definition) is 4. The molecule has 1 saturated heterocycles. The van der Waals surface area contributed by atoms with E-state index in [0.717, 1.165) is 37.1 Å². The highest BCUT2D eigenvalue weighted by molar-refractivity contribution is 7.81. The summed E-state index contributed by atoms with van der Waals surface area (Å²) in [5.74, 6) is 0.684. The Bertz CT molecular complexity index is 813. The van der Waals surface area contributed by atoms with Crippen LogP contribution in [0.15, 0.2) is 52.7 Å². The minimum atomic E-state index is -0.524. The molecule has 2 heterocycles. The third-order valence-corrected chi connectivity index (χ3v) is 5.78. The molecule has 0 radical (unpaired) electrons. The number of piperidine rings is 1. The van der Waals surface area contributed by atoms with Gasteiger partial charge in [0.2, 0.25) is 0 Å². The predicted molar refractivity (Wildman–Crippen MR) is 103 cm³/mol. The SMILES string of the molecule is O=C(C1CC1)C(c1ccccc1F)N1CCC(S)/C(=C/c2ccco2)C1. The van der Waals surface area contributed by atoms with Crippen LogP contribution in [0.1, 0.15) is 36.6 Å². The first-order valence-electron chi connectivity index (χ1n) is 9.07. The van der Waals surface area contributed by atoms with E-state index in [1.165, 1.54) is 6.07 Å². The van der Waals surface area contributed by atoms with Crippen molar-refractivity contribution < 1.29 is 13.6 Å². The summed E-state index contributed by atoms with van der Waals surface area (Å²) in [7, 11) is 0. The number of rotatable bonds is 5. The van der Waals surface area contributed by atoms with Crippen LogP contribution in [-0.2, 0) is 4.79 Å². The van der Waals surface area contributed by atoms with E-state index in [4.69, 9.17) is 17.0 Å². The van der Waals surface area contributed by atoms with E-state index < -0.39 is 6.04 Å². The molecule has 0 amide bonds. The summed E-state index contributed by atoms with van der Waals surface area (Å²) in [6.45, 7) is 1.31. The Morgan fingerprint density at radius 2 is 2.04 bits per heavy atom. The van der Waals surface area contributed by atoms with Crippen molar-refractivity contribution >= 4 is 24.5 Å². The zero-order chi connectivity index (χ0) is 18.1. The number of halogens is 1. The highest BCUT2D eigenvalue weighted by Gasteiger charge is 2.40. The second-order valence-electron chi connectivity index (χ2n) is 7.11. The van der Waals surface area contributed by atoms with Gasteiger partial charge in [-0.1, -0.05) is 18.2 Å². The van der Waals surface area contributed by atoms with E-state index in [-0.39, 0.29) is 22.8 Å². The van der Waals surface area contributed by atoms with Crippen LogP contribution < -0.4 is 0 Å². The lowest BCUT2D eigenvalue weighted by Gasteiger charge is -2.37. The molecule has 136 valence electrons. The summed E-state index contributed by atoms with van der Waals surface area (Å²) in [5, 5.41) is 0.119. The van der Waals surface area contributed by atoms with Crippen molar-refractivity contribution in [1.82, 2.24) is 4.90 Å². The molecule has 4 rings (SSSR count). The van der Waals surface area contributed by atoms with Gasteiger partial charge in [0.15, 0.2) is 5.78 Å². The Hall–Kier alpha value is -1.85. The molecule has 3 nitrogen and oxygen atoms in total. The van der Waals surface area contributed by atoms with Crippen molar-refractivity contribution in [1.29, 1.82) is 0 Å². The number of likely N-dealkylation sites (tertiary alicyclic amines) is 1. The molecule has 1 aliphatic heterocycles. The molecule has 1 saturated carbocycles. The quantitative estimate of drug-likeness (QED) is 0.784. The smallest absolute Gasteiger partial charge is 0.157 e. The van der Waals surface area contributed by atoms with Gasteiger partial charge in [0.1, 0.15) is 11.6 Å². The summed E-state index contributed by atoms with van der Waals surface area (Å²) in [6.07, 6.45) is 6.28. The average Bonchev–Trinajstić information content (AvgIpc) is 3.37. The summed E-state index contributed by atoms with van der Waals surface area (Å²) >= 11 is 4.69. The number of ketones is 1. The first kappa shape index (κ1) is 17.6. The van der Waals surface area contributed by atoms with Gasteiger partial charge in [-0.3, -0.25) is 9.69 Å². The van der Waals surface area contributed by atoms with Gasteiger partial charge in [-0.25, -0.2) is 4.39 Å². The lowest BCUT2D eigenvalue weighted by Crippen LogP contribution is -2.42. The molecule has 5 heteroatoms. The van der Waals surface area contributed by atoms with Gasteiger partial charge in [0.05, 0.1) is 12.3 Å². The molecule has 2 aliphatic rings. The van der Waals surface area contributed by atoms with Crippen LogP contribution >= 0.6 is 12.6 Å². The minimum Gasteiger partial charge on any atom is -0.465 e. The van der Waals surface area contributed by atoms with E-state index in [0.29, 0.717) is 12.1 Å². The average molecular weight is 371 g/mol. The van der Waals surface area contributed by atoms with Gasteiger partial charge in [-0.15, -0.1) is 0 Å². The van der Waals surface area contributed by atoms with Gasteiger partial charge in [0.25, 0.3) is 0 Å². The van der Waals surface area contributed by atoms with Crippen LogP contribution in [0.5, 0.6) is 0 Å². The zero-order valence-corrected chi connectivity index (χ0v) is 15.4. The van der Waals surface area contributed by atoms with Gasteiger partial charge in [-0.05, 0) is 49.1 Å². The van der Waals surface area contributed by atoms with Crippen molar-refractivity contribution in [3.8, 4) is 0 Å². The van der Waals surface area contributed by atoms with Crippen molar-refractivity contribution in [2.75, 3.05) is 13.1 Å². The first-order valence-corrected chi connectivity index (χ1v) is 9.59. The molecule has 1 aromatic carbocycles. The number of furan rings is 1. The maximum Gasteiger partial charge on any atom is 0.157 e. The number of carbonyl (C=O) groups is 1. The fraction of sp³-hybridized carbons (Fsp3) is 0.381. The number of thiol groups is 1. The summed E-state index contributed by atoms with van der Waals surface area (Å²) in [4.78, 5) is 15.1. The number of carbonyl (C=O) groups excluding carboxylic acids is 1. The Kier molecular flexibility index (Phi) is 5.00. The molecule has 2 unspecified atom stereocenters. The standard InChI is InChI=1S/C21H22FNO2S/c22-18-6-2-1-5-17(18)20(21(24)14-7-8-14)23-10-9-19(26)15(13-23)12-16-4-3-11-25-16/h1-6,11-12,14,19-20,26H,7-10,13H2/b15-12+. The normalized spacial score (nSPS) is 23.9. The lowest BCUT2D eigenvalue weighted by atomic mass is 9.93. The van der Waals surface area contributed by atoms with E-state index in [1.54, 1.807) is 24.5 Å². The molecular formula is C21H22FNO2S. The molecule has 0 bridgehead atoms. The monoisotopic (exact) mass is 371 g/mol. The Labute approximate surface area is 158 Å². The summed E-state index contributed by atoms with van der Waals surface area (Å²) in [5.41, 5.74) is 1.58. The highest BCUT2D eigenvalue weighted by atomic mass is 32.1. The molecule has 2 fully saturated rings. The van der Waals surface area contributed by atoms with Crippen LogP contribution in [0.4, 0.5) is 4.39 Å². The number of nitrogens with zero attached hydrogens (tertiary/aromatic N) is 1. The predicted octanol–water partition coefficient (Wildman–Crippen LogP) is 4.53. The number of Topliss-reactive ketones (excluding diaryl/α,β-unsaturated/α-hetero) is 1. The van der Waals surface area contributed by atoms with Gasteiger partial charge >= 0.3 is 0 Å². The van der Waals surface area contributed by atoms with E-state index in [2.05, 4.69) is 4.90 Å². The van der Waals surface area contributed by atoms with E-state index >= 15 is 0 Å². The summed E-state index contributed by atoms with van der Waals surface area (Å²) < 4.78 is 19.9. The molecule has 26 heavy (non-hydrogen) atoms. The topological polar surface area (TPSA) is 33.5 Å². The second kappa shape index (κ2) is 7.41. The van der Waals surface area contributed by atoms with Crippen LogP contribution in [0, 0.1) is 11.7 Å².